The normalized spacial score (nSPS) is 10.5. The number of rotatable bonds is 4. The van der Waals surface area contributed by atoms with Gasteiger partial charge in [-0.15, -0.1) is 0 Å². The van der Waals surface area contributed by atoms with Crippen LogP contribution in [0.3, 0.4) is 0 Å². The first-order valence-electron chi connectivity index (χ1n) is 6.39. The molecule has 0 saturated carbocycles. The maximum absolute atomic E-state index is 12.9. The third-order valence-electron chi connectivity index (χ3n) is 2.92. The largest absolute Gasteiger partial charge is 0.336 e. The zero-order valence-corrected chi connectivity index (χ0v) is 12.9. The van der Waals surface area contributed by atoms with Crippen molar-refractivity contribution in [3.63, 3.8) is 0 Å². The summed E-state index contributed by atoms with van der Waals surface area (Å²) >= 11 is 1.40. The van der Waals surface area contributed by atoms with Crippen LogP contribution >= 0.6 is 11.8 Å². The Morgan fingerprint density at radius 2 is 1.95 bits per heavy atom. The van der Waals surface area contributed by atoms with E-state index in [-0.39, 0.29) is 11.7 Å². The number of aryl methyl sites for hydroxylation is 1. The van der Waals surface area contributed by atoms with E-state index >= 15 is 0 Å². The number of halogens is 1. The van der Waals surface area contributed by atoms with Gasteiger partial charge in [-0.2, -0.15) is 0 Å². The summed E-state index contributed by atoms with van der Waals surface area (Å²) in [6, 6.07) is 7.77. The van der Waals surface area contributed by atoms with Crippen molar-refractivity contribution in [1.29, 1.82) is 0 Å². The molecule has 0 aliphatic carbocycles. The molecule has 0 aliphatic rings. The minimum atomic E-state index is -0.288. The van der Waals surface area contributed by atoms with Crippen molar-refractivity contribution in [2.75, 3.05) is 13.3 Å². The molecule has 21 heavy (non-hydrogen) atoms. The zero-order chi connectivity index (χ0) is 15.4. The monoisotopic (exact) mass is 305 g/mol. The van der Waals surface area contributed by atoms with Crippen molar-refractivity contribution in [2.45, 2.75) is 18.6 Å². The van der Waals surface area contributed by atoms with Crippen molar-refractivity contribution < 1.29 is 9.18 Å². The molecule has 0 spiro atoms. The Kier molecular flexibility index (Phi) is 4.90. The van der Waals surface area contributed by atoms with Gasteiger partial charge in [0.15, 0.2) is 5.16 Å². The van der Waals surface area contributed by atoms with E-state index in [1.165, 1.54) is 23.9 Å². The Morgan fingerprint density at radius 1 is 1.29 bits per heavy atom. The number of benzene rings is 1. The van der Waals surface area contributed by atoms with E-state index in [9.17, 15) is 9.18 Å². The average molecular weight is 305 g/mol. The Morgan fingerprint density at radius 3 is 2.57 bits per heavy atom. The minimum absolute atomic E-state index is 0.180. The van der Waals surface area contributed by atoms with E-state index in [1.54, 1.807) is 30.1 Å². The summed E-state index contributed by atoms with van der Waals surface area (Å²) in [7, 11) is 1.70. The van der Waals surface area contributed by atoms with Crippen LogP contribution in [-0.4, -0.2) is 34.1 Å². The molecule has 1 aromatic heterocycles. The maximum atomic E-state index is 12.9. The number of hydrogen-bond donors (Lipinski definition) is 0. The van der Waals surface area contributed by atoms with Crippen molar-refractivity contribution >= 4 is 17.7 Å². The van der Waals surface area contributed by atoms with Crippen molar-refractivity contribution in [2.24, 2.45) is 0 Å². The van der Waals surface area contributed by atoms with Gasteiger partial charge in [-0.05, 0) is 36.9 Å². The summed E-state index contributed by atoms with van der Waals surface area (Å²) < 4.78 is 12.9. The molecule has 2 aromatic rings. The van der Waals surface area contributed by atoms with Crippen LogP contribution in [0.2, 0.25) is 0 Å². The molecule has 1 heterocycles. The second-order valence-electron chi connectivity index (χ2n) is 4.67. The first-order valence-corrected chi connectivity index (χ1v) is 7.61. The van der Waals surface area contributed by atoms with Gasteiger partial charge in [0.05, 0.1) is 0 Å². The molecule has 110 valence electrons. The van der Waals surface area contributed by atoms with Gasteiger partial charge in [-0.3, -0.25) is 4.79 Å². The van der Waals surface area contributed by atoms with Gasteiger partial charge in [0.25, 0.3) is 5.91 Å². The van der Waals surface area contributed by atoms with Crippen LogP contribution in [0.5, 0.6) is 0 Å². The summed E-state index contributed by atoms with van der Waals surface area (Å²) in [5.74, 6) is -0.469. The zero-order valence-electron chi connectivity index (χ0n) is 12.1. The van der Waals surface area contributed by atoms with E-state index in [1.807, 2.05) is 13.2 Å². The van der Waals surface area contributed by atoms with E-state index < -0.39 is 0 Å². The Hall–Kier alpha value is -1.95. The van der Waals surface area contributed by atoms with Crippen LogP contribution in [-0.2, 0) is 6.54 Å². The highest BCUT2D eigenvalue weighted by molar-refractivity contribution is 7.98. The molecule has 0 aliphatic heterocycles. The second kappa shape index (κ2) is 6.67. The summed E-state index contributed by atoms with van der Waals surface area (Å²) in [5.41, 5.74) is 1.99. The summed E-state index contributed by atoms with van der Waals surface area (Å²) in [6.07, 6.45) is 1.87. The van der Waals surface area contributed by atoms with Crippen molar-refractivity contribution in [3.8, 4) is 0 Å². The topological polar surface area (TPSA) is 46.1 Å². The number of aromatic nitrogens is 2. The number of nitrogens with zero attached hydrogens (tertiary/aromatic N) is 3. The molecule has 0 N–H and O–H groups in total. The summed E-state index contributed by atoms with van der Waals surface area (Å²) in [6.45, 7) is 2.23. The van der Waals surface area contributed by atoms with Gasteiger partial charge in [0, 0.05) is 19.3 Å². The van der Waals surface area contributed by atoms with Crippen LogP contribution in [0.4, 0.5) is 4.39 Å². The molecule has 0 bridgehead atoms. The Balaban J connectivity index is 2.15. The fourth-order valence-electron chi connectivity index (χ4n) is 1.87. The SMILES string of the molecule is CSc1nc(C)cc(C(=O)N(C)Cc2ccc(F)cc2)n1. The molecule has 6 heteroatoms. The highest BCUT2D eigenvalue weighted by Crippen LogP contribution is 2.13. The van der Waals surface area contributed by atoms with Gasteiger partial charge < -0.3 is 4.90 Å². The fourth-order valence-corrected chi connectivity index (χ4v) is 2.30. The molecule has 1 amide bonds. The second-order valence-corrected chi connectivity index (χ2v) is 5.44. The number of thioether (sulfide) groups is 1. The molecule has 0 saturated heterocycles. The molecule has 0 fully saturated rings. The smallest absolute Gasteiger partial charge is 0.272 e. The lowest BCUT2D eigenvalue weighted by atomic mass is 10.2. The lowest BCUT2D eigenvalue weighted by molar-refractivity contribution is 0.0778. The first kappa shape index (κ1) is 15.4. The molecule has 4 nitrogen and oxygen atoms in total. The molecule has 2 rings (SSSR count). The lowest BCUT2D eigenvalue weighted by Crippen LogP contribution is -2.27. The van der Waals surface area contributed by atoms with Crippen molar-refractivity contribution in [3.05, 3.63) is 53.1 Å². The number of carbonyl (C=O) groups excluding carboxylic acids is 1. The summed E-state index contributed by atoms with van der Waals surface area (Å²) in [4.78, 5) is 22.4. The van der Waals surface area contributed by atoms with E-state index in [2.05, 4.69) is 9.97 Å². The van der Waals surface area contributed by atoms with E-state index in [0.29, 0.717) is 17.4 Å². The van der Waals surface area contributed by atoms with Crippen LogP contribution < -0.4 is 0 Å². The lowest BCUT2D eigenvalue weighted by Gasteiger charge is -2.17. The Labute approximate surface area is 127 Å². The van der Waals surface area contributed by atoms with Crippen LogP contribution in [0.15, 0.2) is 35.5 Å². The number of amides is 1. The van der Waals surface area contributed by atoms with Crippen LogP contribution in [0.25, 0.3) is 0 Å². The maximum Gasteiger partial charge on any atom is 0.272 e. The average Bonchev–Trinajstić information content (AvgIpc) is 2.48. The van der Waals surface area contributed by atoms with Crippen LogP contribution in [0, 0.1) is 12.7 Å². The van der Waals surface area contributed by atoms with Gasteiger partial charge >= 0.3 is 0 Å². The van der Waals surface area contributed by atoms with Crippen LogP contribution in [0.1, 0.15) is 21.7 Å². The summed E-state index contributed by atoms with van der Waals surface area (Å²) in [5, 5.41) is 0.577. The fraction of sp³-hybridized carbons (Fsp3) is 0.267. The highest BCUT2D eigenvalue weighted by atomic mass is 32.2. The predicted octanol–water partition coefficient (Wildman–Crippen LogP) is 2.92. The third kappa shape index (κ3) is 4.01. The minimum Gasteiger partial charge on any atom is -0.336 e. The molecular formula is C15H16FN3OS. The van der Waals surface area contributed by atoms with E-state index in [4.69, 9.17) is 0 Å². The Bertz CT molecular complexity index is 646. The van der Waals surface area contributed by atoms with Crippen molar-refractivity contribution in [1.82, 2.24) is 14.9 Å². The van der Waals surface area contributed by atoms with Gasteiger partial charge in [0.2, 0.25) is 0 Å². The molecule has 0 unspecified atom stereocenters. The molecule has 1 aromatic carbocycles. The van der Waals surface area contributed by atoms with Gasteiger partial charge in [0.1, 0.15) is 11.5 Å². The number of hydrogen-bond acceptors (Lipinski definition) is 4. The highest BCUT2D eigenvalue weighted by Gasteiger charge is 2.15. The quantitative estimate of drug-likeness (QED) is 0.643. The van der Waals surface area contributed by atoms with Gasteiger partial charge in [-0.1, -0.05) is 23.9 Å². The predicted molar refractivity (Wildman–Crippen MR) is 80.7 cm³/mol. The standard InChI is InChI=1S/C15H16FN3OS/c1-10-8-13(18-15(17-10)21-3)14(20)19(2)9-11-4-6-12(16)7-5-11/h4-8H,9H2,1-3H3. The first-order chi connectivity index (χ1) is 9.99. The molecular weight excluding hydrogens is 289 g/mol. The number of carbonyl (C=O) groups is 1. The molecule has 0 radical (unpaired) electrons. The molecule has 0 atom stereocenters. The van der Waals surface area contributed by atoms with Gasteiger partial charge in [-0.25, -0.2) is 14.4 Å². The van der Waals surface area contributed by atoms with E-state index in [0.717, 1.165) is 11.3 Å². The third-order valence-corrected chi connectivity index (χ3v) is 3.46.